The fourth-order valence-corrected chi connectivity index (χ4v) is 4.56. The molecule has 1 N–H and O–H groups in total. The molecule has 0 aliphatic rings. The Morgan fingerprint density at radius 2 is 1.40 bits per heavy atom. The number of rotatable bonds is 18. The fraction of sp³-hybridized carbons (Fsp3) is 0.708. The summed E-state index contributed by atoms with van der Waals surface area (Å²) in [5, 5.41) is 9.35. The van der Waals surface area contributed by atoms with Gasteiger partial charge in [-0.3, -0.25) is 4.72 Å². The van der Waals surface area contributed by atoms with Crippen molar-refractivity contribution in [3.8, 4) is 11.8 Å². The number of nitriles is 1. The molecular formula is C24H40N2O3S. The van der Waals surface area contributed by atoms with Gasteiger partial charge in [-0.25, -0.2) is 8.42 Å². The predicted octanol–water partition coefficient (Wildman–Crippen LogP) is 6.81. The van der Waals surface area contributed by atoms with Crippen molar-refractivity contribution in [1.29, 1.82) is 5.26 Å². The van der Waals surface area contributed by atoms with Crippen LogP contribution >= 0.6 is 0 Å². The van der Waals surface area contributed by atoms with Crippen molar-refractivity contribution >= 4 is 15.7 Å². The topological polar surface area (TPSA) is 79.2 Å². The Morgan fingerprint density at radius 1 is 0.867 bits per heavy atom. The van der Waals surface area contributed by atoms with Crippen LogP contribution in [0.25, 0.3) is 0 Å². The lowest BCUT2D eigenvalue weighted by Crippen LogP contribution is -2.16. The van der Waals surface area contributed by atoms with E-state index < -0.39 is 16.1 Å². The summed E-state index contributed by atoms with van der Waals surface area (Å²) < 4.78 is 32.2. The summed E-state index contributed by atoms with van der Waals surface area (Å²) >= 11 is 0. The van der Waals surface area contributed by atoms with Gasteiger partial charge in [0, 0.05) is 5.69 Å². The Labute approximate surface area is 184 Å². The van der Waals surface area contributed by atoms with Gasteiger partial charge in [0.2, 0.25) is 10.0 Å². The van der Waals surface area contributed by atoms with Gasteiger partial charge in [-0.1, -0.05) is 78.1 Å². The maximum Gasteiger partial charge on any atom is 0.232 e. The minimum atomic E-state index is -3.31. The van der Waals surface area contributed by atoms with E-state index in [1.165, 1.54) is 51.4 Å². The van der Waals surface area contributed by atoms with Gasteiger partial charge >= 0.3 is 0 Å². The molecule has 0 spiro atoms. The highest BCUT2D eigenvalue weighted by atomic mass is 32.2. The molecule has 0 heterocycles. The summed E-state index contributed by atoms with van der Waals surface area (Å²) in [5.41, 5.74) is 0.515. The molecule has 0 aliphatic carbocycles. The third-order valence-electron chi connectivity index (χ3n) is 5.14. The summed E-state index contributed by atoms with van der Waals surface area (Å²) in [6.45, 7) is 4.20. The van der Waals surface area contributed by atoms with Gasteiger partial charge in [0.15, 0.2) is 6.10 Å². The molecule has 0 bridgehead atoms. The van der Waals surface area contributed by atoms with E-state index >= 15 is 0 Å². The third-order valence-corrected chi connectivity index (χ3v) is 6.51. The van der Waals surface area contributed by atoms with Gasteiger partial charge in [-0.15, -0.1) is 0 Å². The normalized spacial score (nSPS) is 12.3. The number of nitrogens with one attached hydrogen (secondary N) is 1. The molecule has 0 fully saturated rings. The van der Waals surface area contributed by atoms with Crippen LogP contribution in [0.4, 0.5) is 5.69 Å². The SMILES string of the molecule is CCCCCCCCCCCCC(C#N)Oc1ccc(NS(=O)(=O)CCCC)cc1. The van der Waals surface area contributed by atoms with E-state index in [2.05, 4.69) is 17.7 Å². The number of anilines is 1. The van der Waals surface area contributed by atoms with Crippen LogP contribution in [0.2, 0.25) is 0 Å². The van der Waals surface area contributed by atoms with Crippen LogP contribution < -0.4 is 9.46 Å². The van der Waals surface area contributed by atoms with Crippen LogP contribution in [0.3, 0.4) is 0 Å². The average molecular weight is 437 g/mol. The summed E-state index contributed by atoms with van der Waals surface area (Å²) in [7, 11) is -3.31. The van der Waals surface area contributed by atoms with Crippen molar-refractivity contribution in [2.45, 2.75) is 103 Å². The van der Waals surface area contributed by atoms with Gasteiger partial charge in [-0.05, 0) is 43.5 Å². The number of ether oxygens (including phenoxy) is 1. The van der Waals surface area contributed by atoms with Gasteiger partial charge in [0.25, 0.3) is 0 Å². The molecule has 0 amide bonds. The van der Waals surface area contributed by atoms with Crippen molar-refractivity contribution in [2.24, 2.45) is 0 Å². The monoisotopic (exact) mass is 436 g/mol. The highest BCUT2D eigenvalue weighted by Gasteiger charge is 2.11. The molecule has 170 valence electrons. The number of hydrogen-bond donors (Lipinski definition) is 1. The highest BCUT2D eigenvalue weighted by Crippen LogP contribution is 2.20. The minimum absolute atomic E-state index is 0.122. The second kappa shape index (κ2) is 16.0. The molecule has 1 aromatic rings. The molecule has 0 saturated heterocycles. The van der Waals surface area contributed by atoms with E-state index in [4.69, 9.17) is 4.74 Å². The van der Waals surface area contributed by atoms with E-state index in [0.717, 1.165) is 25.7 Å². The fourth-order valence-electron chi connectivity index (χ4n) is 3.30. The van der Waals surface area contributed by atoms with E-state index in [1.807, 2.05) is 6.92 Å². The molecule has 30 heavy (non-hydrogen) atoms. The van der Waals surface area contributed by atoms with Gasteiger partial charge in [0.1, 0.15) is 11.8 Å². The molecule has 1 aromatic carbocycles. The Bertz CT molecular complexity index is 696. The highest BCUT2D eigenvalue weighted by molar-refractivity contribution is 7.92. The molecule has 1 atom stereocenters. The smallest absolute Gasteiger partial charge is 0.232 e. The largest absolute Gasteiger partial charge is 0.476 e. The Kier molecular flexibility index (Phi) is 14.0. The molecule has 1 rings (SSSR count). The lowest BCUT2D eigenvalue weighted by Gasteiger charge is -2.13. The van der Waals surface area contributed by atoms with Gasteiger partial charge in [0.05, 0.1) is 5.75 Å². The molecule has 0 radical (unpaired) electrons. The molecule has 6 heteroatoms. The van der Waals surface area contributed by atoms with Crippen LogP contribution in [0.5, 0.6) is 5.75 Å². The first kappa shape index (κ1) is 26.3. The standard InChI is InChI=1S/C24H40N2O3S/c1-3-5-7-8-9-10-11-12-13-14-15-24(21-25)29-23-18-16-22(17-19-23)26-30(27,28)20-6-4-2/h16-19,24,26H,3-15,20H2,1-2H3. The zero-order valence-corrected chi connectivity index (χ0v) is 19.7. The second-order valence-corrected chi connectivity index (χ2v) is 9.85. The minimum Gasteiger partial charge on any atom is -0.476 e. The summed E-state index contributed by atoms with van der Waals surface area (Å²) in [6.07, 6.45) is 14.4. The predicted molar refractivity (Wildman–Crippen MR) is 125 cm³/mol. The average Bonchev–Trinajstić information content (AvgIpc) is 2.73. The van der Waals surface area contributed by atoms with Crippen molar-refractivity contribution in [3.63, 3.8) is 0 Å². The molecule has 0 aliphatic heterocycles. The first-order valence-electron chi connectivity index (χ1n) is 11.7. The van der Waals surface area contributed by atoms with Gasteiger partial charge in [-0.2, -0.15) is 5.26 Å². The lowest BCUT2D eigenvalue weighted by atomic mass is 10.0. The molecule has 5 nitrogen and oxygen atoms in total. The summed E-state index contributed by atoms with van der Waals surface area (Å²) in [6, 6.07) is 8.99. The Morgan fingerprint density at radius 3 is 1.93 bits per heavy atom. The van der Waals surface area contributed by atoms with E-state index in [1.54, 1.807) is 24.3 Å². The first-order valence-corrected chi connectivity index (χ1v) is 13.3. The van der Waals surface area contributed by atoms with Crippen LogP contribution in [0, 0.1) is 11.3 Å². The van der Waals surface area contributed by atoms with Crippen molar-refractivity contribution in [1.82, 2.24) is 0 Å². The number of nitrogens with zero attached hydrogens (tertiary/aromatic N) is 1. The molecule has 1 unspecified atom stereocenters. The summed E-state index contributed by atoms with van der Waals surface area (Å²) in [4.78, 5) is 0. The van der Waals surface area contributed by atoms with Crippen LogP contribution in [-0.2, 0) is 10.0 Å². The number of benzene rings is 1. The summed E-state index contributed by atoms with van der Waals surface area (Å²) in [5.74, 6) is 0.710. The van der Waals surface area contributed by atoms with Crippen molar-refractivity contribution in [2.75, 3.05) is 10.5 Å². The van der Waals surface area contributed by atoms with Crippen LogP contribution in [-0.4, -0.2) is 20.3 Å². The maximum absolute atomic E-state index is 12.0. The molecular weight excluding hydrogens is 396 g/mol. The zero-order chi connectivity index (χ0) is 22.1. The first-order chi connectivity index (χ1) is 14.5. The van der Waals surface area contributed by atoms with Crippen molar-refractivity contribution in [3.05, 3.63) is 24.3 Å². The van der Waals surface area contributed by atoms with E-state index in [-0.39, 0.29) is 5.75 Å². The second-order valence-electron chi connectivity index (χ2n) is 8.01. The van der Waals surface area contributed by atoms with E-state index in [9.17, 15) is 13.7 Å². The number of hydrogen-bond acceptors (Lipinski definition) is 4. The number of sulfonamides is 1. The number of unbranched alkanes of at least 4 members (excludes halogenated alkanes) is 10. The third kappa shape index (κ3) is 12.7. The lowest BCUT2D eigenvalue weighted by molar-refractivity contribution is 0.240. The zero-order valence-electron chi connectivity index (χ0n) is 18.9. The Hall–Kier alpha value is -1.74. The molecule has 0 aromatic heterocycles. The quantitative estimate of drug-likeness (QED) is 0.256. The maximum atomic E-state index is 12.0. The molecule has 0 saturated carbocycles. The van der Waals surface area contributed by atoms with Crippen molar-refractivity contribution < 1.29 is 13.2 Å². The van der Waals surface area contributed by atoms with Crippen LogP contribution in [0.1, 0.15) is 97.3 Å². The Balaban J connectivity index is 2.25. The van der Waals surface area contributed by atoms with E-state index in [0.29, 0.717) is 17.9 Å². The van der Waals surface area contributed by atoms with Gasteiger partial charge < -0.3 is 4.74 Å². The van der Waals surface area contributed by atoms with Crippen LogP contribution in [0.15, 0.2) is 24.3 Å².